The molecule has 8 heteroatoms. The molecule has 2 saturated heterocycles. The summed E-state index contributed by atoms with van der Waals surface area (Å²) in [6.45, 7) is 3.22. The summed E-state index contributed by atoms with van der Waals surface area (Å²) < 4.78 is 0. The number of aliphatic hydroxyl groups excluding tert-OH is 2. The highest BCUT2D eigenvalue weighted by molar-refractivity contribution is 6.24. The Morgan fingerprint density at radius 3 is 2.52 bits per heavy atom. The average molecular weight is 346 g/mol. The van der Waals surface area contributed by atoms with Crippen LogP contribution in [0.2, 0.25) is 0 Å². The Morgan fingerprint density at radius 1 is 1.04 bits per heavy atom. The van der Waals surface area contributed by atoms with Crippen LogP contribution in [0.5, 0.6) is 0 Å². The number of nitrogens with zero attached hydrogens (tertiary/aromatic N) is 2. The highest BCUT2D eigenvalue weighted by atomic mass is 16.3. The van der Waals surface area contributed by atoms with Crippen LogP contribution in [0, 0.1) is 0 Å². The Bertz CT molecular complexity index is 704. The topological polar surface area (TPSA) is 105 Å². The third-order valence-corrected chi connectivity index (χ3v) is 5.18. The van der Waals surface area contributed by atoms with E-state index in [0.29, 0.717) is 24.0 Å². The van der Waals surface area contributed by atoms with Gasteiger partial charge in [0.15, 0.2) is 0 Å². The first-order chi connectivity index (χ1) is 12.1. The van der Waals surface area contributed by atoms with Crippen LogP contribution in [0.4, 0.5) is 5.69 Å². The van der Waals surface area contributed by atoms with Crippen molar-refractivity contribution in [1.29, 1.82) is 0 Å². The fourth-order valence-electron chi connectivity index (χ4n) is 3.90. The van der Waals surface area contributed by atoms with E-state index in [1.165, 1.54) is 0 Å². The van der Waals surface area contributed by atoms with Gasteiger partial charge < -0.3 is 20.4 Å². The number of rotatable bonds is 2. The van der Waals surface area contributed by atoms with Crippen LogP contribution < -0.4 is 15.5 Å². The van der Waals surface area contributed by atoms with Gasteiger partial charge in [-0.15, -0.1) is 0 Å². The van der Waals surface area contributed by atoms with Crippen molar-refractivity contribution < 1.29 is 19.8 Å². The fraction of sp³-hybridized carbons (Fsp3) is 0.529. The zero-order valence-corrected chi connectivity index (χ0v) is 13.8. The van der Waals surface area contributed by atoms with Gasteiger partial charge in [0.2, 0.25) is 0 Å². The van der Waals surface area contributed by atoms with Gasteiger partial charge in [-0.05, 0) is 25.0 Å². The number of piperazine rings is 1. The molecule has 25 heavy (non-hydrogen) atoms. The highest BCUT2D eigenvalue weighted by Gasteiger charge is 2.45. The number of piperidine rings is 1. The molecule has 4 N–H and O–H groups in total. The summed E-state index contributed by atoms with van der Waals surface area (Å²) >= 11 is 0. The molecule has 3 aliphatic heterocycles. The van der Waals surface area contributed by atoms with Crippen LogP contribution in [0.1, 0.15) is 33.6 Å². The Kier molecular flexibility index (Phi) is 4.20. The summed E-state index contributed by atoms with van der Waals surface area (Å²) in [6, 6.07) is 4.66. The number of aliphatic hydroxyl groups is 2. The summed E-state index contributed by atoms with van der Waals surface area (Å²) in [4.78, 5) is 29.2. The molecule has 4 rings (SSSR count). The van der Waals surface area contributed by atoms with Crippen LogP contribution in [0.3, 0.4) is 0 Å². The van der Waals surface area contributed by atoms with Crippen LogP contribution in [-0.4, -0.2) is 71.6 Å². The molecule has 134 valence electrons. The van der Waals surface area contributed by atoms with E-state index in [-0.39, 0.29) is 11.8 Å². The van der Waals surface area contributed by atoms with Gasteiger partial charge in [-0.1, -0.05) is 6.07 Å². The van der Waals surface area contributed by atoms with Crippen LogP contribution in [0.15, 0.2) is 18.2 Å². The standard InChI is InChI=1S/C17H22N4O4/c22-13-5-4-12(15(23)19-13)21-16(24)10-2-1-3-11(14(10)17(21)25)20-8-6-18-7-9-20/h1-3,12-13,15,18-19,22-23H,4-9H2. The zero-order chi connectivity index (χ0) is 17.6. The molecule has 0 spiro atoms. The van der Waals surface area contributed by atoms with Crippen molar-refractivity contribution in [2.75, 3.05) is 31.1 Å². The fourth-order valence-corrected chi connectivity index (χ4v) is 3.90. The predicted octanol–water partition coefficient (Wildman–Crippen LogP) is -0.919. The molecule has 3 atom stereocenters. The molecule has 0 aromatic heterocycles. The van der Waals surface area contributed by atoms with Gasteiger partial charge in [-0.2, -0.15) is 0 Å². The summed E-state index contributed by atoms with van der Waals surface area (Å²) in [5.41, 5.74) is 1.59. The second kappa shape index (κ2) is 6.38. The number of benzene rings is 1. The van der Waals surface area contributed by atoms with E-state index < -0.39 is 18.5 Å². The molecule has 8 nitrogen and oxygen atoms in total. The van der Waals surface area contributed by atoms with Crippen molar-refractivity contribution in [2.45, 2.75) is 31.3 Å². The lowest BCUT2D eigenvalue weighted by Crippen LogP contribution is -2.58. The molecular formula is C17H22N4O4. The van der Waals surface area contributed by atoms with Crippen molar-refractivity contribution in [2.24, 2.45) is 0 Å². The number of hydrogen-bond acceptors (Lipinski definition) is 7. The van der Waals surface area contributed by atoms with Crippen LogP contribution in [-0.2, 0) is 0 Å². The molecule has 3 unspecified atom stereocenters. The van der Waals surface area contributed by atoms with E-state index in [9.17, 15) is 19.8 Å². The molecule has 1 aromatic rings. The number of amides is 2. The Morgan fingerprint density at radius 2 is 1.80 bits per heavy atom. The number of anilines is 1. The average Bonchev–Trinajstić information content (AvgIpc) is 2.87. The molecule has 0 bridgehead atoms. The SMILES string of the molecule is O=C1c2cccc(N3CCNCC3)c2C(=O)N1C1CCC(O)NC1O. The van der Waals surface area contributed by atoms with E-state index in [1.54, 1.807) is 12.1 Å². The number of nitrogens with one attached hydrogen (secondary N) is 2. The molecule has 0 radical (unpaired) electrons. The van der Waals surface area contributed by atoms with Gasteiger partial charge in [0.05, 0.1) is 22.9 Å². The maximum Gasteiger partial charge on any atom is 0.264 e. The minimum absolute atomic E-state index is 0.364. The second-order valence-electron chi connectivity index (χ2n) is 6.69. The van der Waals surface area contributed by atoms with Crippen molar-refractivity contribution in [3.63, 3.8) is 0 Å². The van der Waals surface area contributed by atoms with Crippen molar-refractivity contribution in [3.8, 4) is 0 Å². The zero-order valence-electron chi connectivity index (χ0n) is 13.8. The van der Waals surface area contributed by atoms with E-state index >= 15 is 0 Å². The summed E-state index contributed by atoms with van der Waals surface area (Å²) in [5.74, 6) is -0.740. The van der Waals surface area contributed by atoms with Crippen molar-refractivity contribution in [1.82, 2.24) is 15.5 Å². The second-order valence-corrected chi connectivity index (χ2v) is 6.69. The van der Waals surface area contributed by atoms with E-state index in [2.05, 4.69) is 15.5 Å². The number of imide groups is 1. The number of carbonyl (C=O) groups is 2. The summed E-state index contributed by atoms with van der Waals surface area (Å²) in [5, 5.41) is 25.7. The number of carbonyl (C=O) groups excluding carboxylic acids is 2. The molecule has 2 fully saturated rings. The summed E-state index contributed by atoms with van der Waals surface area (Å²) in [6.07, 6.45) is -1.21. The van der Waals surface area contributed by atoms with Crippen LogP contribution >= 0.6 is 0 Å². The molecular weight excluding hydrogens is 324 g/mol. The Labute approximate surface area is 145 Å². The molecule has 3 aliphatic rings. The van der Waals surface area contributed by atoms with Gasteiger partial charge in [0, 0.05) is 26.2 Å². The van der Waals surface area contributed by atoms with Gasteiger partial charge in [-0.3, -0.25) is 19.8 Å². The lowest BCUT2D eigenvalue weighted by atomic mass is 10.0. The van der Waals surface area contributed by atoms with Gasteiger partial charge in [-0.25, -0.2) is 0 Å². The predicted molar refractivity (Wildman–Crippen MR) is 90.2 cm³/mol. The molecule has 1 aromatic carbocycles. The monoisotopic (exact) mass is 346 g/mol. The molecule has 3 heterocycles. The van der Waals surface area contributed by atoms with E-state index in [1.807, 2.05) is 6.07 Å². The van der Waals surface area contributed by atoms with Gasteiger partial charge >= 0.3 is 0 Å². The molecule has 0 saturated carbocycles. The maximum atomic E-state index is 13.1. The Balaban J connectivity index is 1.68. The third-order valence-electron chi connectivity index (χ3n) is 5.18. The first-order valence-electron chi connectivity index (χ1n) is 8.66. The minimum atomic E-state index is -1.13. The van der Waals surface area contributed by atoms with E-state index in [4.69, 9.17) is 0 Å². The number of fused-ring (bicyclic) bond motifs is 1. The van der Waals surface area contributed by atoms with Crippen LogP contribution in [0.25, 0.3) is 0 Å². The third kappa shape index (κ3) is 2.71. The first-order valence-corrected chi connectivity index (χ1v) is 8.66. The summed E-state index contributed by atoms with van der Waals surface area (Å²) in [7, 11) is 0. The highest BCUT2D eigenvalue weighted by Crippen LogP contribution is 2.34. The smallest absolute Gasteiger partial charge is 0.264 e. The Hall–Kier alpha value is -2.00. The van der Waals surface area contributed by atoms with E-state index in [0.717, 1.165) is 36.8 Å². The first kappa shape index (κ1) is 16.5. The normalized spacial score (nSPS) is 29.9. The maximum absolute atomic E-state index is 13.1. The quantitative estimate of drug-likeness (QED) is 0.513. The lowest BCUT2D eigenvalue weighted by Gasteiger charge is -2.36. The van der Waals surface area contributed by atoms with Crippen molar-refractivity contribution in [3.05, 3.63) is 29.3 Å². The largest absolute Gasteiger partial charge is 0.379 e. The minimum Gasteiger partial charge on any atom is -0.379 e. The molecule has 2 amide bonds. The molecule has 0 aliphatic carbocycles. The number of hydrogen-bond donors (Lipinski definition) is 4. The van der Waals surface area contributed by atoms with Crippen molar-refractivity contribution >= 4 is 17.5 Å². The van der Waals surface area contributed by atoms with Gasteiger partial charge in [0.25, 0.3) is 11.8 Å². The lowest BCUT2D eigenvalue weighted by molar-refractivity contribution is -0.0413. The van der Waals surface area contributed by atoms with Gasteiger partial charge in [0.1, 0.15) is 12.5 Å².